The van der Waals surface area contributed by atoms with Gasteiger partial charge in [-0.25, -0.2) is 4.79 Å². The van der Waals surface area contributed by atoms with Crippen molar-refractivity contribution in [3.05, 3.63) is 123 Å². The Morgan fingerprint density at radius 3 is 2.29 bits per heavy atom. The van der Waals surface area contributed by atoms with Crippen LogP contribution in [0.5, 0.6) is 0 Å². The quantitative estimate of drug-likeness (QED) is 0.215. The first-order chi connectivity index (χ1) is 18.3. The van der Waals surface area contributed by atoms with Crippen molar-refractivity contribution in [2.75, 3.05) is 0 Å². The van der Waals surface area contributed by atoms with Gasteiger partial charge in [-0.1, -0.05) is 71.4 Å². The number of allylic oxidation sites excluding steroid dienone is 1. The van der Waals surface area contributed by atoms with Crippen LogP contribution in [-0.2, 0) is 19.4 Å². The van der Waals surface area contributed by atoms with Crippen molar-refractivity contribution in [3.8, 4) is 0 Å². The second kappa shape index (κ2) is 11.4. The molecule has 0 spiro atoms. The second-order valence-corrected chi connectivity index (χ2v) is 11.7. The number of nitrogens with zero attached hydrogens (tertiary/aromatic N) is 4. The highest BCUT2D eigenvalue weighted by atomic mass is 35.5. The number of rotatable bonds is 9. The molecule has 0 fully saturated rings. The van der Waals surface area contributed by atoms with Crippen LogP contribution in [0.25, 0.3) is 0 Å². The third-order valence-electron chi connectivity index (χ3n) is 6.54. The number of pyridine rings is 1. The van der Waals surface area contributed by atoms with Crippen molar-refractivity contribution in [2.24, 2.45) is 4.99 Å². The molecule has 3 heterocycles. The summed E-state index contributed by atoms with van der Waals surface area (Å²) in [6.45, 7) is 4.54. The van der Waals surface area contributed by atoms with Crippen LogP contribution in [0.2, 0.25) is 10.0 Å². The number of benzene rings is 2. The Labute approximate surface area is 236 Å². The van der Waals surface area contributed by atoms with E-state index in [0.717, 1.165) is 26.7 Å². The van der Waals surface area contributed by atoms with E-state index >= 15 is 0 Å². The average molecular weight is 564 g/mol. The van der Waals surface area contributed by atoms with Gasteiger partial charge < -0.3 is 0 Å². The van der Waals surface area contributed by atoms with Gasteiger partial charge in [-0.15, -0.1) is 0 Å². The van der Waals surface area contributed by atoms with E-state index < -0.39 is 5.54 Å². The highest BCUT2D eigenvalue weighted by Crippen LogP contribution is 2.38. The lowest BCUT2D eigenvalue weighted by atomic mass is 9.87. The molecule has 2 aromatic heterocycles. The minimum atomic E-state index is -0.517. The van der Waals surface area contributed by atoms with Gasteiger partial charge in [0.1, 0.15) is 5.03 Å². The van der Waals surface area contributed by atoms with Gasteiger partial charge >= 0.3 is 5.69 Å². The predicted molar refractivity (Wildman–Crippen MR) is 157 cm³/mol. The molecule has 0 N–H and O–H groups in total. The zero-order chi connectivity index (χ0) is 26.7. The van der Waals surface area contributed by atoms with Gasteiger partial charge in [0, 0.05) is 52.4 Å². The van der Waals surface area contributed by atoms with Crippen LogP contribution in [0.4, 0.5) is 0 Å². The lowest BCUT2D eigenvalue weighted by Gasteiger charge is -2.26. The molecule has 194 valence electrons. The Morgan fingerprint density at radius 2 is 1.66 bits per heavy atom. The van der Waals surface area contributed by atoms with Gasteiger partial charge in [-0.3, -0.25) is 19.1 Å². The van der Waals surface area contributed by atoms with Gasteiger partial charge in [0.15, 0.2) is 0 Å². The van der Waals surface area contributed by atoms with Gasteiger partial charge in [-0.05, 0) is 61.4 Å². The maximum atomic E-state index is 14.0. The summed E-state index contributed by atoms with van der Waals surface area (Å²) in [5, 5.41) is 1.99. The highest BCUT2D eigenvalue weighted by Gasteiger charge is 2.34. The summed E-state index contributed by atoms with van der Waals surface area (Å²) in [6, 6.07) is 19.5. The molecule has 1 unspecified atom stereocenters. The summed E-state index contributed by atoms with van der Waals surface area (Å²) in [5.41, 5.74) is 2.58. The molecule has 1 aliphatic heterocycles. The molecular formula is C30H28Cl2N4OS. The molecule has 38 heavy (non-hydrogen) atoms. The molecule has 1 atom stereocenters. The summed E-state index contributed by atoms with van der Waals surface area (Å²) in [4.78, 5) is 24.0. The first kappa shape index (κ1) is 26.5. The molecule has 0 radical (unpaired) electrons. The number of imidazole rings is 1. The molecule has 4 aromatic rings. The van der Waals surface area contributed by atoms with Gasteiger partial charge in [0.05, 0.1) is 17.8 Å². The molecular weight excluding hydrogens is 535 g/mol. The zero-order valence-corrected chi connectivity index (χ0v) is 23.5. The van der Waals surface area contributed by atoms with Gasteiger partial charge in [-0.2, -0.15) is 0 Å². The molecule has 1 aliphatic rings. The van der Waals surface area contributed by atoms with E-state index in [-0.39, 0.29) is 11.7 Å². The second-order valence-electron chi connectivity index (χ2n) is 9.73. The number of aromatic nitrogens is 3. The van der Waals surface area contributed by atoms with Crippen LogP contribution in [0.3, 0.4) is 0 Å². The molecule has 5 nitrogen and oxygen atoms in total. The molecule has 2 aromatic carbocycles. The Kier molecular flexibility index (Phi) is 7.93. The van der Waals surface area contributed by atoms with Crippen molar-refractivity contribution in [2.45, 2.75) is 54.7 Å². The van der Waals surface area contributed by atoms with Crippen molar-refractivity contribution >= 4 is 41.2 Å². The topological polar surface area (TPSA) is 52.2 Å². The fourth-order valence-electron chi connectivity index (χ4n) is 4.82. The Balaban J connectivity index is 1.66. The van der Waals surface area contributed by atoms with Crippen LogP contribution in [0.15, 0.2) is 105 Å². The standard InChI is InChI=1S/C30H28Cl2N4OS/c1-21(2)36-28(38-26-16-24(31)15-25(32)17-26)27(35(29(36)37)20-23-7-4-3-5-8-23)19-30(11-6-12-34-30)18-22-9-13-33-14-10-22/h3-17,21H,18-20H2,1-2H3. The molecule has 0 bridgehead atoms. The molecule has 5 rings (SSSR count). The third kappa shape index (κ3) is 5.83. The van der Waals surface area contributed by atoms with Crippen molar-refractivity contribution in [3.63, 3.8) is 0 Å². The summed E-state index contributed by atoms with van der Waals surface area (Å²) in [5.74, 6) is 0. The third-order valence-corrected chi connectivity index (χ3v) is 8.07. The smallest absolute Gasteiger partial charge is 0.291 e. The van der Waals surface area contributed by atoms with E-state index in [1.807, 2.05) is 89.9 Å². The summed E-state index contributed by atoms with van der Waals surface area (Å²) >= 11 is 14.2. The molecule has 0 amide bonds. The van der Waals surface area contributed by atoms with E-state index in [0.29, 0.717) is 29.4 Å². The number of hydrogen-bond acceptors (Lipinski definition) is 4. The van der Waals surface area contributed by atoms with Crippen molar-refractivity contribution < 1.29 is 0 Å². The molecule has 0 saturated carbocycles. The molecule has 8 heteroatoms. The summed E-state index contributed by atoms with van der Waals surface area (Å²) < 4.78 is 3.78. The summed E-state index contributed by atoms with van der Waals surface area (Å²) in [7, 11) is 0. The van der Waals surface area contributed by atoms with Crippen molar-refractivity contribution in [1.82, 2.24) is 14.1 Å². The lowest BCUT2D eigenvalue weighted by molar-refractivity contribution is 0.506. The van der Waals surface area contributed by atoms with E-state index in [9.17, 15) is 4.79 Å². The maximum absolute atomic E-state index is 14.0. The van der Waals surface area contributed by atoms with Gasteiger partial charge in [0.25, 0.3) is 0 Å². The Bertz CT molecular complexity index is 1510. The average Bonchev–Trinajstić information content (AvgIpc) is 3.43. The number of aliphatic imine (C=N–C) groups is 1. The Morgan fingerprint density at radius 1 is 0.947 bits per heavy atom. The van der Waals surface area contributed by atoms with E-state index in [1.165, 1.54) is 11.8 Å². The molecule has 0 saturated heterocycles. The van der Waals surface area contributed by atoms with E-state index in [4.69, 9.17) is 28.2 Å². The van der Waals surface area contributed by atoms with Crippen LogP contribution in [0, 0.1) is 0 Å². The fraction of sp³-hybridized carbons (Fsp3) is 0.233. The van der Waals surface area contributed by atoms with Crippen LogP contribution >= 0.6 is 35.0 Å². The largest absolute Gasteiger partial charge is 0.329 e. The monoisotopic (exact) mass is 562 g/mol. The first-order valence-electron chi connectivity index (χ1n) is 12.5. The van der Waals surface area contributed by atoms with Crippen LogP contribution in [-0.4, -0.2) is 25.9 Å². The Hall–Kier alpha value is -3.06. The zero-order valence-electron chi connectivity index (χ0n) is 21.2. The van der Waals surface area contributed by atoms with Crippen LogP contribution < -0.4 is 5.69 Å². The first-order valence-corrected chi connectivity index (χ1v) is 14.0. The van der Waals surface area contributed by atoms with Gasteiger partial charge in [0.2, 0.25) is 0 Å². The lowest BCUT2D eigenvalue weighted by Crippen LogP contribution is -2.31. The highest BCUT2D eigenvalue weighted by molar-refractivity contribution is 7.99. The van der Waals surface area contributed by atoms with E-state index in [1.54, 1.807) is 18.5 Å². The minimum Gasteiger partial charge on any atom is -0.291 e. The summed E-state index contributed by atoms with van der Waals surface area (Å²) in [6.07, 6.45) is 10.8. The fourth-order valence-corrected chi connectivity index (χ4v) is 6.76. The molecule has 0 aliphatic carbocycles. The SMILES string of the molecule is CC(C)n1c(Sc2cc(Cl)cc(Cl)c2)c(CC2(Cc3ccncc3)C=CC=N2)n(Cc2ccccc2)c1=O. The normalized spacial score (nSPS) is 16.6. The van der Waals surface area contributed by atoms with Crippen LogP contribution in [0.1, 0.15) is 36.7 Å². The van der Waals surface area contributed by atoms with Crippen molar-refractivity contribution in [1.29, 1.82) is 0 Å². The number of halogens is 2. The number of hydrogen-bond donors (Lipinski definition) is 0. The minimum absolute atomic E-state index is 0.0421. The maximum Gasteiger partial charge on any atom is 0.329 e. The predicted octanol–water partition coefficient (Wildman–Crippen LogP) is 7.30. The van der Waals surface area contributed by atoms with E-state index in [2.05, 4.69) is 11.1 Å².